The van der Waals surface area contributed by atoms with Crippen LogP contribution in [0.2, 0.25) is 10.0 Å². The minimum absolute atomic E-state index is 0.0204. The molecule has 8 heteroatoms. The number of benzene rings is 2. The monoisotopic (exact) mass is 555 g/mol. The quantitative estimate of drug-likeness (QED) is 0.254. The molecule has 0 N–H and O–H groups in total. The van der Waals surface area contributed by atoms with E-state index in [-0.39, 0.29) is 11.8 Å². The zero-order valence-corrected chi connectivity index (χ0v) is 19.2. The molecule has 2 aromatic carbocycles. The first kappa shape index (κ1) is 20.5. The van der Waals surface area contributed by atoms with Crippen molar-refractivity contribution in [2.75, 3.05) is 0 Å². The Hall–Kier alpha value is -1.74. The largest absolute Gasteiger partial charge is 0.457 e. The van der Waals surface area contributed by atoms with Crippen LogP contribution in [0.1, 0.15) is 11.3 Å². The van der Waals surface area contributed by atoms with Crippen LogP contribution >= 0.6 is 57.6 Å². The predicted molar refractivity (Wildman–Crippen MR) is 125 cm³/mol. The molecule has 2 heterocycles. The molecule has 4 nitrogen and oxygen atoms in total. The van der Waals surface area contributed by atoms with Gasteiger partial charge in [-0.3, -0.25) is 14.5 Å². The number of rotatable bonds is 4. The summed E-state index contributed by atoms with van der Waals surface area (Å²) in [5.74, 6) is 0.790. The van der Waals surface area contributed by atoms with Crippen molar-refractivity contribution in [1.29, 1.82) is 0 Å². The summed E-state index contributed by atoms with van der Waals surface area (Å²) in [7, 11) is 0. The Morgan fingerprint density at radius 2 is 1.69 bits per heavy atom. The molecular formula is C21H12Cl2INO3S. The maximum absolute atomic E-state index is 12.7. The van der Waals surface area contributed by atoms with E-state index in [9.17, 15) is 9.59 Å². The van der Waals surface area contributed by atoms with E-state index in [2.05, 4.69) is 22.6 Å². The minimum atomic E-state index is -0.400. The fourth-order valence-corrected chi connectivity index (χ4v) is 4.50. The van der Waals surface area contributed by atoms with E-state index in [0.29, 0.717) is 32.0 Å². The van der Waals surface area contributed by atoms with Crippen molar-refractivity contribution in [3.8, 4) is 11.3 Å². The number of hydrogen-bond donors (Lipinski definition) is 0. The highest BCUT2D eigenvalue weighted by molar-refractivity contribution is 14.1. The average molecular weight is 556 g/mol. The van der Waals surface area contributed by atoms with Crippen molar-refractivity contribution >= 4 is 74.8 Å². The van der Waals surface area contributed by atoms with E-state index in [0.717, 1.165) is 25.8 Å². The summed E-state index contributed by atoms with van der Waals surface area (Å²) in [6, 6.07) is 16.6. The molecule has 2 amide bonds. The third-order valence-electron chi connectivity index (χ3n) is 4.28. The molecule has 0 radical (unpaired) electrons. The molecule has 0 unspecified atom stereocenters. The molecule has 29 heavy (non-hydrogen) atoms. The van der Waals surface area contributed by atoms with E-state index >= 15 is 0 Å². The number of furan rings is 1. The molecule has 1 aliphatic rings. The molecular weight excluding hydrogens is 544 g/mol. The normalized spacial score (nSPS) is 15.6. The Kier molecular flexibility index (Phi) is 6.06. The van der Waals surface area contributed by atoms with Crippen molar-refractivity contribution in [3.63, 3.8) is 0 Å². The van der Waals surface area contributed by atoms with Crippen molar-refractivity contribution in [1.82, 2.24) is 4.90 Å². The fraction of sp³-hybridized carbons (Fsp3) is 0.0476. The number of halogens is 3. The van der Waals surface area contributed by atoms with E-state index in [1.54, 1.807) is 30.3 Å². The average Bonchev–Trinajstić information content (AvgIpc) is 3.25. The molecule has 0 aliphatic carbocycles. The van der Waals surface area contributed by atoms with Crippen molar-refractivity contribution in [3.05, 3.63) is 84.4 Å². The Bertz CT molecular complexity index is 1120. The van der Waals surface area contributed by atoms with Gasteiger partial charge in [0.15, 0.2) is 0 Å². The van der Waals surface area contributed by atoms with Gasteiger partial charge in [-0.15, -0.1) is 0 Å². The van der Waals surface area contributed by atoms with Crippen LogP contribution in [0.4, 0.5) is 4.79 Å². The van der Waals surface area contributed by atoms with Gasteiger partial charge in [-0.2, -0.15) is 0 Å². The van der Waals surface area contributed by atoms with Gasteiger partial charge in [0.25, 0.3) is 11.1 Å². The smallest absolute Gasteiger partial charge is 0.293 e. The van der Waals surface area contributed by atoms with Gasteiger partial charge in [0.2, 0.25) is 0 Å². The second-order valence-corrected chi connectivity index (χ2v) is 9.23. The Morgan fingerprint density at radius 1 is 1.00 bits per heavy atom. The van der Waals surface area contributed by atoms with Crippen LogP contribution in [-0.4, -0.2) is 16.0 Å². The van der Waals surface area contributed by atoms with Gasteiger partial charge >= 0.3 is 0 Å². The molecule has 146 valence electrons. The summed E-state index contributed by atoms with van der Waals surface area (Å²) in [4.78, 5) is 26.6. The van der Waals surface area contributed by atoms with Crippen LogP contribution in [0.5, 0.6) is 0 Å². The van der Waals surface area contributed by atoms with Gasteiger partial charge in [-0.25, -0.2) is 0 Å². The van der Waals surface area contributed by atoms with Crippen LogP contribution in [0.25, 0.3) is 17.4 Å². The number of thioether (sulfide) groups is 1. The van der Waals surface area contributed by atoms with Gasteiger partial charge in [-0.1, -0.05) is 41.4 Å². The maximum Gasteiger partial charge on any atom is 0.293 e. The third kappa shape index (κ3) is 4.40. The second-order valence-electron chi connectivity index (χ2n) is 6.18. The predicted octanol–water partition coefficient (Wildman–Crippen LogP) is 7.09. The SMILES string of the molecule is O=C1S/C(=C\c2ccc(-c3ccc(I)cc3)o2)C(=O)N1Cc1c(Cl)cccc1Cl. The second kappa shape index (κ2) is 8.55. The van der Waals surface area contributed by atoms with Crippen molar-refractivity contribution in [2.45, 2.75) is 6.54 Å². The molecule has 1 aliphatic heterocycles. The van der Waals surface area contributed by atoms with Gasteiger partial charge in [0, 0.05) is 30.8 Å². The molecule has 4 rings (SSSR count). The first-order valence-corrected chi connectivity index (χ1v) is 11.1. The van der Waals surface area contributed by atoms with Crippen LogP contribution in [0.3, 0.4) is 0 Å². The number of amides is 2. The highest BCUT2D eigenvalue weighted by Crippen LogP contribution is 2.36. The molecule has 0 bridgehead atoms. The van der Waals surface area contributed by atoms with Gasteiger partial charge < -0.3 is 4.42 Å². The molecule has 1 saturated heterocycles. The Balaban J connectivity index is 1.56. The highest BCUT2D eigenvalue weighted by Gasteiger charge is 2.36. The van der Waals surface area contributed by atoms with E-state index < -0.39 is 5.91 Å². The number of carbonyl (C=O) groups excluding carboxylic acids is 2. The van der Waals surface area contributed by atoms with Crippen LogP contribution < -0.4 is 0 Å². The number of hydrogen-bond acceptors (Lipinski definition) is 4. The third-order valence-corrected chi connectivity index (χ3v) is 6.62. The summed E-state index contributed by atoms with van der Waals surface area (Å²) in [5, 5.41) is 0.448. The molecule has 0 spiro atoms. The van der Waals surface area contributed by atoms with Crippen LogP contribution in [0, 0.1) is 3.57 Å². The van der Waals surface area contributed by atoms with Gasteiger partial charge in [0.1, 0.15) is 11.5 Å². The summed E-state index contributed by atoms with van der Waals surface area (Å²) in [6.45, 7) is 0.0204. The number of nitrogens with zero attached hydrogens (tertiary/aromatic N) is 1. The van der Waals surface area contributed by atoms with Gasteiger partial charge in [-0.05, 0) is 70.8 Å². The lowest BCUT2D eigenvalue weighted by molar-refractivity contribution is -0.123. The summed E-state index contributed by atoms with van der Waals surface area (Å²) in [5.41, 5.74) is 1.48. The minimum Gasteiger partial charge on any atom is -0.457 e. The number of carbonyl (C=O) groups is 2. The molecule has 0 atom stereocenters. The lowest BCUT2D eigenvalue weighted by atomic mass is 10.2. The molecule has 1 fully saturated rings. The zero-order valence-electron chi connectivity index (χ0n) is 14.7. The molecule has 0 saturated carbocycles. The maximum atomic E-state index is 12.7. The van der Waals surface area contributed by atoms with Crippen LogP contribution in [-0.2, 0) is 11.3 Å². The van der Waals surface area contributed by atoms with E-state index in [4.69, 9.17) is 27.6 Å². The van der Waals surface area contributed by atoms with Gasteiger partial charge in [0.05, 0.1) is 11.4 Å². The highest BCUT2D eigenvalue weighted by atomic mass is 127. The Morgan fingerprint density at radius 3 is 2.38 bits per heavy atom. The lowest BCUT2D eigenvalue weighted by Gasteiger charge is -2.14. The summed E-state index contributed by atoms with van der Waals surface area (Å²) < 4.78 is 6.96. The lowest BCUT2D eigenvalue weighted by Crippen LogP contribution is -2.27. The standard InChI is InChI=1S/C21H12Cl2INO3S/c22-16-2-1-3-17(23)15(16)11-25-20(26)19(29-21(25)27)10-14-8-9-18(28-14)12-4-6-13(24)7-5-12/h1-10H,11H2/b19-10-. The van der Waals surface area contributed by atoms with Crippen LogP contribution in [0.15, 0.2) is 63.9 Å². The van der Waals surface area contributed by atoms with Crippen molar-refractivity contribution < 1.29 is 14.0 Å². The molecule has 3 aromatic rings. The first-order chi connectivity index (χ1) is 13.9. The Labute approximate surface area is 195 Å². The first-order valence-electron chi connectivity index (χ1n) is 8.46. The van der Waals surface area contributed by atoms with E-state index in [1.165, 1.54) is 0 Å². The summed E-state index contributed by atoms with van der Waals surface area (Å²) in [6.07, 6.45) is 1.58. The topological polar surface area (TPSA) is 50.5 Å². The summed E-state index contributed by atoms with van der Waals surface area (Å²) >= 11 is 15.4. The van der Waals surface area contributed by atoms with E-state index in [1.807, 2.05) is 30.3 Å². The fourth-order valence-electron chi connectivity index (χ4n) is 2.81. The zero-order chi connectivity index (χ0) is 20.5. The van der Waals surface area contributed by atoms with Crippen molar-refractivity contribution in [2.24, 2.45) is 0 Å². The molecule has 1 aromatic heterocycles. The number of imide groups is 1.